The Bertz CT molecular complexity index is 934. The summed E-state index contributed by atoms with van der Waals surface area (Å²) in [6.07, 6.45) is -3.08. The predicted molar refractivity (Wildman–Crippen MR) is 106 cm³/mol. The number of nitrogens with zero attached hydrogens (tertiary/aromatic N) is 3. The van der Waals surface area contributed by atoms with Gasteiger partial charge in [-0.25, -0.2) is 0 Å². The summed E-state index contributed by atoms with van der Waals surface area (Å²) in [6.45, 7) is 7.64. The van der Waals surface area contributed by atoms with Gasteiger partial charge in [0.1, 0.15) is 5.66 Å². The summed E-state index contributed by atoms with van der Waals surface area (Å²) in [5.41, 5.74) is 1.66. The van der Waals surface area contributed by atoms with Gasteiger partial charge in [-0.05, 0) is 32.0 Å². The maximum Gasteiger partial charge on any atom is 0.418 e. The number of rotatable bonds is 3. The van der Waals surface area contributed by atoms with Crippen LogP contribution in [0.25, 0.3) is 11.3 Å². The maximum absolute atomic E-state index is 13.4. The zero-order valence-electron chi connectivity index (χ0n) is 16.4. The van der Waals surface area contributed by atoms with E-state index in [2.05, 4.69) is 15.2 Å². The number of aromatic nitrogens is 1. The van der Waals surface area contributed by atoms with E-state index in [1.807, 2.05) is 19.9 Å². The van der Waals surface area contributed by atoms with Crippen molar-refractivity contribution in [3.63, 3.8) is 0 Å². The van der Waals surface area contributed by atoms with Crippen LogP contribution in [0.2, 0.25) is 0 Å². The lowest BCUT2D eigenvalue weighted by atomic mass is 9.97. The van der Waals surface area contributed by atoms with Crippen molar-refractivity contribution in [2.75, 3.05) is 38.2 Å². The molecule has 8 heteroatoms. The molecule has 4 rings (SSSR count). The number of nitrogens with one attached hydrogen (secondary N) is 1. The van der Waals surface area contributed by atoms with Crippen molar-refractivity contribution in [1.29, 1.82) is 0 Å². The molecular weight excluding hydrogens is 381 g/mol. The average Bonchev–Trinajstić information content (AvgIpc) is 2.67. The SMILES string of the molecule is CC1(C)N=C(CN2CCOCC2)c2ccc(-c3ncccc3C(F)(F)F)cc2N1. The number of morpholine rings is 1. The summed E-state index contributed by atoms with van der Waals surface area (Å²) in [7, 11) is 0. The molecule has 3 heterocycles. The van der Waals surface area contributed by atoms with Crippen molar-refractivity contribution in [3.05, 3.63) is 47.7 Å². The van der Waals surface area contributed by atoms with E-state index in [4.69, 9.17) is 9.73 Å². The van der Waals surface area contributed by atoms with Gasteiger partial charge < -0.3 is 10.1 Å². The molecule has 1 fully saturated rings. The fraction of sp³-hybridized carbons (Fsp3) is 0.429. The van der Waals surface area contributed by atoms with Crippen LogP contribution in [0.5, 0.6) is 0 Å². The van der Waals surface area contributed by atoms with E-state index >= 15 is 0 Å². The van der Waals surface area contributed by atoms with Gasteiger partial charge in [0.2, 0.25) is 0 Å². The molecule has 1 saturated heterocycles. The summed E-state index contributed by atoms with van der Waals surface area (Å²) in [5, 5.41) is 3.33. The fourth-order valence-corrected chi connectivity index (χ4v) is 3.76. The molecule has 0 spiro atoms. The number of alkyl halides is 3. The third-order valence-corrected chi connectivity index (χ3v) is 5.05. The van der Waals surface area contributed by atoms with Crippen molar-refractivity contribution in [2.24, 2.45) is 4.99 Å². The van der Waals surface area contributed by atoms with Gasteiger partial charge in [-0.2, -0.15) is 13.2 Å². The molecule has 0 bridgehead atoms. The first-order valence-corrected chi connectivity index (χ1v) is 9.57. The molecule has 2 aliphatic rings. The Labute approximate surface area is 167 Å². The molecule has 0 aliphatic carbocycles. The average molecular weight is 404 g/mol. The molecule has 2 aliphatic heterocycles. The number of pyridine rings is 1. The van der Waals surface area contributed by atoms with Crippen molar-refractivity contribution in [1.82, 2.24) is 9.88 Å². The molecule has 5 nitrogen and oxygen atoms in total. The molecule has 0 amide bonds. The second kappa shape index (κ2) is 7.42. The summed E-state index contributed by atoms with van der Waals surface area (Å²) in [4.78, 5) is 11.1. The van der Waals surface area contributed by atoms with Crippen LogP contribution in [0, 0.1) is 0 Å². The highest BCUT2D eigenvalue weighted by Gasteiger charge is 2.35. The zero-order valence-corrected chi connectivity index (χ0v) is 16.4. The van der Waals surface area contributed by atoms with E-state index in [0.717, 1.165) is 36.1 Å². The van der Waals surface area contributed by atoms with Gasteiger partial charge in [0.25, 0.3) is 0 Å². The van der Waals surface area contributed by atoms with E-state index in [1.54, 1.807) is 12.1 Å². The van der Waals surface area contributed by atoms with Gasteiger partial charge in [0.15, 0.2) is 0 Å². The molecule has 29 heavy (non-hydrogen) atoms. The minimum atomic E-state index is -4.46. The van der Waals surface area contributed by atoms with Crippen LogP contribution < -0.4 is 5.32 Å². The summed E-state index contributed by atoms with van der Waals surface area (Å²) < 4.78 is 45.7. The van der Waals surface area contributed by atoms with Gasteiger partial charge >= 0.3 is 6.18 Å². The number of aliphatic imine (C=N–C) groups is 1. The molecule has 154 valence electrons. The van der Waals surface area contributed by atoms with E-state index in [-0.39, 0.29) is 5.69 Å². The normalized spacial score (nSPS) is 19.3. The zero-order chi connectivity index (χ0) is 20.6. The van der Waals surface area contributed by atoms with E-state index in [9.17, 15) is 13.2 Å². The lowest BCUT2D eigenvalue weighted by Gasteiger charge is -2.34. The maximum atomic E-state index is 13.4. The third kappa shape index (κ3) is 4.28. The first kappa shape index (κ1) is 19.8. The van der Waals surface area contributed by atoms with Crippen LogP contribution in [0.4, 0.5) is 18.9 Å². The first-order valence-electron chi connectivity index (χ1n) is 9.57. The van der Waals surface area contributed by atoms with Crippen molar-refractivity contribution in [3.8, 4) is 11.3 Å². The van der Waals surface area contributed by atoms with Crippen LogP contribution in [0.3, 0.4) is 0 Å². The van der Waals surface area contributed by atoms with E-state index in [1.165, 1.54) is 12.3 Å². The number of hydrogen-bond acceptors (Lipinski definition) is 5. The molecular formula is C21H23F3N4O. The number of anilines is 1. The number of halogens is 3. The van der Waals surface area contributed by atoms with Crippen molar-refractivity contribution in [2.45, 2.75) is 25.7 Å². The van der Waals surface area contributed by atoms with Gasteiger partial charge in [0, 0.05) is 42.6 Å². The predicted octanol–water partition coefficient (Wildman–Crippen LogP) is 4.05. The Hall–Kier alpha value is -2.45. The van der Waals surface area contributed by atoms with Gasteiger partial charge in [-0.3, -0.25) is 14.9 Å². The van der Waals surface area contributed by atoms with Gasteiger partial charge in [-0.15, -0.1) is 0 Å². The minimum Gasteiger partial charge on any atom is -0.379 e. The Morgan fingerprint density at radius 2 is 1.93 bits per heavy atom. The standard InChI is InChI=1S/C21H23F3N4O/c1-20(2)26-17-12-14(19-16(21(22,23)24)4-3-7-25-19)5-6-15(17)18(27-20)13-28-8-10-29-11-9-28/h3-7,12,26H,8-11,13H2,1-2H3. The van der Waals surface area contributed by atoms with Crippen LogP contribution in [0.15, 0.2) is 41.5 Å². The number of hydrogen-bond donors (Lipinski definition) is 1. The molecule has 1 N–H and O–H groups in total. The number of benzene rings is 1. The second-order valence-corrected chi connectivity index (χ2v) is 7.79. The Kier molecular flexibility index (Phi) is 5.08. The van der Waals surface area contributed by atoms with E-state index in [0.29, 0.717) is 25.3 Å². The van der Waals surface area contributed by atoms with Crippen molar-refractivity contribution >= 4 is 11.4 Å². The Balaban J connectivity index is 1.71. The number of ether oxygens (including phenoxy) is 1. The fourth-order valence-electron chi connectivity index (χ4n) is 3.76. The number of fused-ring (bicyclic) bond motifs is 1. The molecule has 0 unspecified atom stereocenters. The second-order valence-electron chi connectivity index (χ2n) is 7.79. The highest BCUT2D eigenvalue weighted by Crippen LogP contribution is 2.38. The molecule has 0 radical (unpaired) electrons. The molecule has 0 atom stereocenters. The third-order valence-electron chi connectivity index (χ3n) is 5.05. The summed E-state index contributed by atoms with van der Waals surface area (Å²) in [5.74, 6) is 0. The monoisotopic (exact) mass is 404 g/mol. The van der Waals surface area contributed by atoms with Crippen molar-refractivity contribution < 1.29 is 17.9 Å². The lowest BCUT2D eigenvalue weighted by Crippen LogP contribution is -2.43. The quantitative estimate of drug-likeness (QED) is 0.839. The van der Waals surface area contributed by atoms with Crippen LogP contribution in [-0.2, 0) is 10.9 Å². The molecule has 0 saturated carbocycles. The molecule has 2 aromatic rings. The van der Waals surface area contributed by atoms with Crippen LogP contribution in [0.1, 0.15) is 25.0 Å². The summed E-state index contributed by atoms with van der Waals surface area (Å²) in [6, 6.07) is 7.62. The lowest BCUT2D eigenvalue weighted by molar-refractivity contribution is -0.137. The van der Waals surface area contributed by atoms with Crippen LogP contribution >= 0.6 is 0 Å². The van der Waals surface area contributed by atoms with E-state index < -0.39 is 17.4 Å². The Morgan fingerprint density at radius 3 is 2.66 bits per heavy atom. The largest absolute Gasteiger partial charge is 0.418 e. The van der Waals surface area contributed by atoms with Crippen LogP contribution in [-0.4, -0.2) is 54.1 Å². The molecule has 1 aromatic carbocycles. The summed E-state index contributed by atoms with van der Waals surface area (Å²) >= 11 is 0. The highest BCUT2D eigenvalue weighted by molar-refractivity contribution is 6.08. The Morgan fingerprint density at radius 1 is 1.17 bits per heavy atom. The minimum absolute atomic E-state index is 0.0698. The molecule has 1 aromatic heterocycles. The smallest absolute Gasteiger partial charge is 0.379 e. The topological polar surface area (TPSA) is 49.8 Å². The first-order chi connectivity index (χ1) is 13.7. The highest BCUT2D eigenvalue weighted by atomic mass is 19.4. The van der Waals surface area contributed by atoms with Gasteiger partial charge in [-0.1, -0.05) is 12.1 Å². The van der Waals surface area contributed by atoms with Gasteiger partial charge in [0.05, 0.1) is 30.2 Å².